The highest BCUT2D eigenvalue weighted by Gasteiger charge is 2.18. The van der Waals surface area contributed by atoms with Crippen LogP contribution in [0.1, 0.15) is 34.2 Å². The first-order valence-corrected chi connectivity index (χ1v) is 6.65. The van der Waals surface area contributed by atoms with Gasteiger partial charge in [0, 0.05) is 24.3 Å². The molecule has 1 amide bonds. The molecule has 0 aromatic carbocycles. The van der Waals surface area contributed by atoms with Crippen LogP contribution in [0, 0.1) is 6.92 Å². The maximum Gasteiger partial charge on any atom is 0.273 e. The molecule has 1 atom stereocenters. The summed E-state index contributed by atoms with van der Waals surface area (Å²) in [5.74, 6) is -0.291. The molecule has 0 fully saturated rings. The summed E-state index contributed by atoms with van der Waals surface area (Å²) < 4.78 is 1.51. The van der Waals surface area contributed by atoms with E-state index in [1.54, 1.807) is 13.2 Å². The molecular weight excluding hydrogens is 272 g/mol. The minimum atomic E-state index is -0.291. The number of hydrogen-bond donors (Lipinski definition) is 1. The molecule has 0 radical (unpaired) electrons. The Kier molecular flexibility index (Phi) is 3.68. The monoisotopic (exact) mass is 284 g/mol. The molecule has 18 heavy (non-hydrogen) atoms. The summed E-state index contributed by atoms with van der Waals surface area (Å²) in [5.41, 5.74) is 1.19. The number of rotatable bonds is 3. The predicted molar refractivity (Wildman–Crippen MR) is 71.0 cm³/mol. The second-order valence-electron chi connectivity index (χ2n) is 4.02. The van der Waals surface area contributed by atoms with Gasteiger partial charge in [-0.15, -0.1) is 11.3 Å². The second-order valence-corrected chi connectivity index (χ2v) is 5.32. The lowest BCUT2D eigenvalue weighted by Crippen LogP contribution is -2.27. The quantitative estimate of drug-likeness (QED) is 0.941. The van der Waals surface area contributed by atoms with Crippen molar-refractivity contribution in [1.29, 1.82) is 0 Å². The lowest BCUT2D eigenvalue weighted by molar-refractivity contribution is 0.0934. The maximum atomic E-state index is 12.0. The van der Waals surface area contributed by atoms with Crippen LogP contribution >= 0.6 is 22.9 Å². The van der Waals surface area contributed by atoms with E-state index in [1.807, 2.05) is 19.2 Å². The van der Waals surface area contributed by atoms with Gasteiger partial charge in [-0.2, -0.15) is 5.10 Å². The van der Waals surface area contributed by atoms with Crippen molar-refractivity contribution in [3.8, 4) is 0 Å². The minimum absolute atomic E-state index is 0.158. The summed E-state index contributed by atoms with van der Waals surface area (Å²) in [5, 5.41) is 10.0. The molecule has 0 aliphatic carbocycles. The number of hydrogen-bond acceptors (Lipinski definition) is 4. The topological polar surface area (TPSA) is 59.8 Å². The van der Waals surface area contributed by atoms with Gasteiger partial charge in [0.05, 0.1) is 11.1 Å². The molecular formula is C11H13ClN4OS. The molecule has 5 nitrogen and oxygen atoms in total. The van der Waals surface area contributed by atoms with Crippen molar-refractivity contribution in [2.75, 3.05) is 0 Å². The van der Waals surface area contributed by atoms with Gasteiger partial charge in [0.2, 0.25) is 0 Å². The highest BCUT2D eigenvalue weighted by Crippen LogP contribution is 2.19. The predicted octanol–water partition coefficient (Wildman–Crippen LogP) is 2.33. The van der Waals surface area contributed by atoms with E-state index in [4.69, 9.17) is 11.6 Å². The van der Waals surface area contributed by atoms with Gasteiger partial charge in [0.25, 0.3) is 5.91 Å². The highest BCUT2D eigenvalue weighted by molar-refractivity contribution is 7.09. The molecule has 0 aliphatic heterocycles. The van der Waals surface area contributed by atoms with Crippen LogP contribution in [-0.4, -0.2) is 20.7 Å². The van der Waals surface area contributed by atoms with E-state index in [0.717, 1.165) is 10.7 Å². The van der Waals surface area contributed by atoms with Crippen LogP contribution in [0.15, 0.2) is 11.6 Å². The zero-order valence-corrected chi connectivity index (χ0v) is 11.8. The van der Waals surface area contributed by atoms with E-state index < -0.39 is 0 Å². The molecule has 2 aromatic rings. The molecule has 0 saturated heterocycles. The van der Waals surface area contributed by atoms with Gasteiger partial charge in [-0.05, 0) is 13.8 Å². The number of aryl methyl sites for hydroxylation is 2. The van der Waals surface area contributed by atoms with Crippen molar-refractivity contribution >= 4 is 28.8 Å². The third-order valence-electron chi connectivity index (χ3n) is 2.35. The number of carbonyl (C=O) groups excluding carboxylic acids is 1. The van der Waals surface area contributed by atoms with E-state index >= 15 is 0 Å². The second kappa shape index (κ2) is 5.07. The third kappa shape index (κ3) is 2.70. The van der Waals surface area contributed by atoms with Crippen molar-refractivity contribution in [2.45, 2.75) is 19.9 Å². The summed E-state index contributed by atoms with van der Waals surface area (Å²) in [7, 11) is 1.72. The van der Waals surface area contributed by atoms with Gasteiger partial charge in [0.15, 0.2) is 5.69 Å². The summed E-state index contributed by atoms with van der Waals surface area (Å²) in [6, 6.07) is -0.158. The summed E-state index contributed by atoms with van der Waals surface area (Å²) in [6.07, 6.45) is 1.59. The lowest BCUT2D eigenvalue weighted by Gasteiger charge is -2.09. The smallest absolute Gasteiger partial charge is 0.273 e. The first-order valence-electron chi connectivity index (χ1n) is 5.39. The Morgan fingerprint density at radius 3 is 2.83 bits per heavy atom. The Morgan fingerprint density at radius 2 is 2.33 bits per heavy atom. The van der Waals surface area contributed by atoms with Crippen LogP contribution in [0.25, 0.3) is 0 Å². The lowest BCUT2D eigenvalue weighted by atomic mass is 10.3. The van der Waals surface area contributed by atoms with Gasteiger partial charge < -0.3 is 5.32 Å². The first kappa shape index (κ1) is 13.0. The molecule has 0 saturated carbocycles. The number of nitrogens with one attached hydrogen (secondary N) is 1. The Bertz CT molecular complexity index is 577. The number of nitrogens with zero attached hydrogens (tertiary/aromatic N) is 3. The Hall–Kier alpha value is -1.40. The van der Waals surface area contributed by atoms with Gasteiger partial charge in [-0.3, -0.25) is 9.48 Å². The molecule has 2 rings (SSSR count). The van der Waals surface area contributed by atoms with Crippen LogP contribution in [0.5, 0.6) is 0 Å². The molecule has 1 unspecified atom stereocenters. The van der Waals surface area contributed by atoms with Crippen LogP contribution in [0.2, 0.25) is 5.02 Å². The number of carbonyl (C=O) groups is 1. The number of thiazole rings is 1. The Labute approximate surface area is 114 Å². The van der Waals surface area contributed by atoms with Gasteiger partial charge >= 0.3 is 0 Å². The van der Waals surface area contributed by atoms with E-state index in [1.165, 1.54) is 16.0 Å². The summed E-state index contributed by atoms with van der Waals surface area (Å²) >= 11 is 7.44. The molecule has 7 heteroatoms. The average Bonchev–Trinajstić information content (AvgIpc) is 2.84. The summed E-state index contributed by atoms with van der Waals surface area (Å²) in [4.78, 5) is 16.3. The average molecular weight is 285 g/mol. The van der Waals surface area contributed by atoms with Gasteiger partial charge in [-0.25, -0.2) is 4.98 Å². The van der Waals surface area contributed by atoms with Crippen molar-refractivity contribution < 1.29 is 4.79 Å². The van der Waals surface area contributed by atoms with Crippen LogP contribution in [0.4, 0.5) is 0 Å². The molecule has 2 heterocycles. The van der Waals surface area contributed by atoms with Crippen molar-refractivity contribution in [2.24, 2.45) is 7.05 Å². The molecule has 0 aliphatic rings. The van der Waals surface area contributed by atoms with E-state index in [2.05, 4.69) is 15.4 Å². The largest absolute Gasteiger partial charge is 0.342 e. The number of aromatic nitrogens is 3. The maximum absolute atomic E-state index is 12.0. The minimum Gasteiger partial charge on any atom is -0.342 e. The van der Waals surface area contributed by atoms with Gasteiger partial charge in [0.1, 0.15) is 5.01 Å². The highest BCUT2D eigenvalue weighted by atomic mass is 35.5. The molecule has 0 bridgehead atoms. The fourth-order valence-electron chi connectivity index (χ4n) is 1.51. The molecule has 1 N–H and O–H groups in total. The van der Waals surface area contributed by atoms with Crippen LogP contribution in [-0.2, 0) is 7.05 Å². The van der Waals surface area contributed by atoms with E-state index in [0.29, 0.717) is 5.02 Å². The van der Waals surface area contributed by atoms with Gasteiger partial charge in [-0.1, -0.05) is 11.6 Å². The van der Waals surface area contributed by atoms with Crippen molar-refractivity contribution in [3.05, 3.63) is 33.0 Å². The SMILES string of the molecule is Cc1csc(C(C)NC(=O)c2nn(C)cc2Cl)n1. The standard InChI is InChI=1S/C11H13ClN4OS/c1-6-5-18-11(13-6)7(2)14-10(17)9-8(12)4-16(3)15-9/h4-5,7H,1-3H3,(H,14,17). The zero-order chi connectivity index (χ0) is 13.3. The van der Waals surface area contributed by atoms with E-state index in [9.17, 15) is 4.79 Å². The fraction of sp³-hybridized carbons (Fsp3) is 0.364. The normalized spacial score (nSPS) is 12.4. The van der Waals surface area contributed by atoms with Crippen LogP contribution in [0.3, 0.4) is 0 Å². The number of amides is 1. The van der Waals surface area contributed by atoms with Crippen molar-refractivity contribution in [1.82, 2.24) is 20.1 Å². The molecule has 2 aromatic heterocycles. The number of halogens is 1. The first-order chi connectivity index (χ1) is 8.47. The van der Waals surface area contributed by atoms with Crippen molar-refractivity contribution in [3.63, 3.8) is 0 Å². The van der Waals surface area contributed by atoms with Crippen LogP contribution < -0.4 is 5.32 Å². The Balaban J connectivity index is 2.10. The molecule has 0 spiro atoms. The fourth-order valence-corrected chi connectivity index (χ4v) is 2.58. The third-order valence-corrected chi connectivity index (χ3v) is 3.78. The Morgan fingerprint density at radius 1 is 1.61 bits per heavy atom. The molecule has 96 valence electrons. The summed E-state index contributed by atoms with van der Waals surface area (Å²) in [6.45, 7) is 3.80. The zero-order valence-electron chi connectivity index (χ0n) is 10.3. The van der Waals surface area contributed by atoms with E-state index in [-0.39, 0.29) is 17.6 Å².